The molecule has 1 fully saturated rings. The molecule has 1 amide bonds. The lowest BCUT2D eigenvalue weighted by Gasteiger charge is -2.35. The molecular formula is C17H18ClN3O. The number of aromatic nitrogens is 2. The van der Waals surface area contributed by atoms with E-state index in [2.05, 4.69) is 23.8 Å². The lowest BCUT2D eigenvalue weighted by molar-refractivity contribution is -0.122. The van der Waals surface area contributed by atoms with Gasteiger partial charge < -0.3 is 0 Å². The monoisotopic (exact) mass is 315 g/mol. The third-order valence-electron chi connectivity index (χ3n) is 4.01. The van der Waals surface area contributed by atoms with Gasteiger partial charge >= 0.3 is 0 Å². The standard InChI is InChI=1S/C17H18ClN3O/c1-17(2)5-6-21(16(22)8-17)15-4-3-12(10-20-15)13-7-14(18)11-19-9-13/h3-4,7,9-11H,5-6,8H2,1-2H3. The summed E-state index contributed by atoms with van der Waals surface area (Å²) in [4.78, 5) is 22.6. The van der Waals surface area contributed by atoms with Crippen molar-refractivity contribution in [3.05, 3.63) is 41.8 Å². The van der Waals surface area contributed by atoms with E-state index in [1.165, 1.54) is 0 Å². The summed E-state index contributed by atoms with van der Waals surface area (Å²) in [5, 5.41) is 0.593. The Morgan fingerprint density at radius 3 is 2.64 bits per heavy atom. The van der Waals surface area contributed by atoms with Crippen LogP contribution >= 0.6 is 11.6 Å². The third kappa shape index (κ3) is 3.12. The number of carbonyl (C=O) groups excluding carboxylic acids is 1. The first-order valence-corrected chi connectivity index (χ1v) is 7.70. The molecule has 2 aromatic rings. The van der Waals surface area contributed by atoms with Crippen molar-refractivity contribution in [3.63, 3.8) is 0 Å². The molecule has 4 nitrogen and oxygen atoms in total. The first-order valence-electron chi connectivity index (χ1n) is 7.32. The molecule has 3 heterocycles. The number of piperidine rings is 1. The third-order valence-corrected chi connectivity index (χ3v) is 4.21. The summed E-state index contributed by atoms with van der Waals surface area (Å²) in [7, 11) is 0. The minimum Gasteiger partial charge on any atom is -0.297 e. The fourth-order valence-corrected chi connectivity index (χ4v) is 2.83. The number of halogens is 1. The van der Waals surface area contributed by atoms with E-state index in [-0.39, 0.29) is 11.3 Å². The van der Waals surface area contributed by atoms with Crippen LogP contribution in [0.3, 0.4) is 0 Å². The quantitative estimate of drug-likeness (QED) is 0.843. The summed E-state index contributed by atoms with van der Waals surface area (Å²) < 4.78 is 0. The van der Waals surface area contributed by atoms with Crippen molar-refractivity contribution >= 4 is 23.3 Å². The van der Waals surface area contributed by atoms with E-state index in [0.717, 1.165) is 24.1 Å². The molecular weight excluding hydrogens is 298 g/mol. The molecule has 0 radical (unpaired) electrons. The molecule has 5 heteroatoms. The Bertz CT molecular complexity index is 697. The van der Waals surface area contributed by atoms with E-state index in [0.29, 0.717) is 17.3 Å². The first kappa shape index (κ1) is 15.0. The van der Waals surface area contributed by atoms with Crippen molar-refractivity contribution in [1.82, 2.24) is 9.97 Å². The minimum atomic E-state index is 0.0833. The minimum absolute atomic E-state index is 0.0833. The Morgan fingerprint density at radius 1 is 1.18 bits per heavy atom. The van der Waals surface area contributed by atoms with Gasteiger partial charge in [-0.25, -0.2) is 4.98 Å². The van der Waals surface area contributed by atoms with Gasteiger partial charge in [-0.05, 0) is 30.0 Å². The SMILES string of the molecule is CC1(C)CCN(c2ccc(-c3cncc(Cl)c3)cn2)C(=O)C1. The van der Waals surface area contributed by atoms with E-state index in [1.807, 2.05) is 18.2 Å². The molecule has 114 valence electrons. The molecule has 0 aliphatic carbocycles. The second kappa shape index (κ2) is 5.69. The van der Waals surface area contributed by atoms with Crippen LogP contribution in [0.25, 0.3) is 11.1 Å². The largest absolute Gasteiger partial charge is 0.297 e. The van der Waals surface area contributed by atoms with E-state index >= 15 is 0 Å². The van der Waals surface area contributed by atoms with E-state index in [9.17, 15) is 4.79 Å². The van der Waals surface area contributed by atoms with Gasteiger partial charge in [-0.2, -0.15) is 0 Å². The van der Waals surface area contributed by atoms with Gasteiger partial charge in [0.15, 0.2) is 0 Å². The normalized spacial score (nSPS) is 17.6. The van der Waals surface area contributed by atoms with Crippen LogP contribution in [0.15, 0.2) is 36.8 Å². The molecule has 3 rings (SSSR count). The number of rotatable bonds is 2. The zero-order valence-corrected chi connectivity index (χ0v) is 13.5. The molecule has 22 heavy (non-hydrogen) atoms. The number of nitrogens with zero attached hydrogens (tertiary/aromatic N) is 3. The molecule has 0 N–H and O–H groups in total. The van der Waals surface area contributed by atoms with Gasteiger partial charge in [0, 0.05) is 42.7 Å². The lowest BCUT2D eigenvalue weighted by atomic mass is 9.82. The summed E-state index contributed by atoms with van der Waals surface area (Å²) in [5.74, 6) is 0.847. The average Bonchev–Trinajstić information content (AvgIpc) is 2.47. The van der Waals surface area contributed by atoms with Crippen molar-refractivity contribution in [2.24, 2.45) is 5.41 Å². The predicted octanol–water partition coefficient (Wildman–Crippen LogP) is 3.95. The molecule has 0 unspecified atom stereocenters. The maximum atomic E-state index is 12.3. The first-order chi connectivity index (χ1) is 10.4. The van der Waals surface area contributed by atoms with E-state index in [4.69, 9.17) is 11.6 Å². The van der Waals surface area contributed by atoms with E-state index < -0.39 is 0 Å². The highest BCUT2D eigenvalue weighted by atomic mass is 35.5. The van der Waals surface area contributed by atoms with Gasteiger partial charge in [0.25, 0.3) is 0 Å². The molecule has 1 aliphatic rings. The highest BCUT2D eigenvalue weighted by Gasteiger charge is 2.32. The van der Waals surface area contributed by atoms with Gasteiger partial charge in [0.05, 0.1) is 5.02 Å². The van der Waals surface area contributed by atoms with Crippen molar-refractivity contribution in [2.45, 2.75) is 26.7 Å². The number of anilines is 1. The maximum absolute atomic E-state index is 12.3. The van der Waals surface area contributed by atoms with Crippen molar-refractivity contribution < 1.29 is 4.79 Å². The fraction of sp³-hybridized carbons (Fsp3) is 0.353. The van der Waals surface area contributed by atoms with Crippen LogP contribution in [0.1, 0.15) is 26.7 Å². The molecule has 0 saturated carbocycles. The molecule has 0 atom stereocenters. The summed E-state index contributed by atoms with van der Waals surface area (Å²) in [5.41, 5.74) is 1.93. The van der Waals surface area contributed by atoms with Crippen molar-refractivity contribution in [3.8, 4) is 11.1 Å². The van der Waals surface area contributed by atoms with Crippen molar-refractivity contribution in [1.29, 1.82) is 0 Å². The zero-order valence-electron chi connectivity index (χ0n) is 12.7. The second-order valence-corrected chi connectivity index (χ2v) is 6.87. The summed E-state index contributed by atoms with van der Waals surface area (Å²) in [6, 6.07) is 5.68. The lowest BCUT2D eigenvalue weighted by Crippen LogP contribution is -2.42. The molecule has 1 saturated heterocycles. The van der Waals surface area contributed by atoms with Gasteiger partial charge in [-0.3, -0.25) is 14.7 Å². The Hall–Kier alpha value is -1.94. The van der Waals surface area contributed by atoms with E-state index in [1.54, 1.807) is 23.5 Å². The molecule has 0 aromatic carbocycles. The Kier molecular flexibility index (Phi) is 3.87. The highest BCUT2D eigenvalue weighted by Crippen LogP contribution is 2.33. The van der Waals surface area contributed by atoms with Crippen LogP contribution in [-0.2, 0) is 4.79 Å². The summed E-state index contributed by atoms with van der Waals surface area (Å²) in [6.45, 7) is 4.98. The topological polar surface area (TPSA) is 46.1 Å². The highest BCUT2D eigenvalue weighted by molar-refractivity contribution is 6.30. The Morgan fingerprint density at radius 2 is 2.00 bits per heavy atom. The van der Waals surface area contributed by atoms with Crippen LogP contribution < -0.4 is 4.90 Å². The fourth-order valence-electron chi connectivity index (χ4n) is 2.66. The van der Waals surface area contributed by atoms with Gasteiger partial charge in [-0.15, -0.1) is 0 Å². The van der Waals surface area contributed by atoms with Gasteiger partial charge in [0.1, 0.15) is 5.82 Å². The van der Waals surface area contributed by atoms with Gasteiger partial charge in [-0.1, -0.05) is 25.4 Å². The van der Waals surface area contributed by atoms with Gasteiger partial charge in [0.2, 0.25) is 5.91 Å². The Balaban J connectivity index is 1.82. The average molecular weight is 316 g/mol. The number of hydrogen-bond donors (Lipinski definition) is 0. The van der Waals surface area contributed by atoms with Crippen LogP contribution in [0, 0.1) is 5.41 Å². The molecule has 0 spiro atoms. The smallest absolute Gasteiger partial charge is 0.228 e. The van der Waals surface area contributed by atoms with Crippen molar-refractivity contribution in [2.75, 3.05) is 11.4 Å². The number of pyridine rings is 2. The second-order valence-electron chi connectivity index (χ2n) is 6.43. The molecule has 1 aliphatic heterocycles. The van der Waals surface area contributed by atoms with Crippen LogP contribution in [0.5, 0.6) is 0 Å². The molecule has 0 bridgehead atoms. The number of carbonyl (C=O) groups is 1. The maximum Gasteiger partial charge on any atom is 0.228 e. The summed E-state index contributed by atoms with van der Waals surface area (Å²) in [6.07, 6.45) is 6.66. The summed E-state index contributed by atoms with van der Waals surface area (Å²) >= 11 is 5.96. The van der Waals surface area contributed by atoms with Crippen LogP contribution in [0.4, 0.5) is 5.82 Å². The van der Waals surface area contributed by atoms with Crippen LogP contribution in [-0.4, -0.2) is 22.4 Å². The Labute approximate surface area is 135 Å². The zero-order chi connectivity index (χ0) is 15.7. The number of hydrogen-bond acceptors (Lipinski definition) is 3. The van der Waals surface area contributed by atoms with Crippen LogP contribution in [0.2, 0.25) is 5.02 Å². The number of amides is 1. The molecule has 2 aromatic heterocycles. The predicted molar refractivity (Wildman–Crippen MR) is 87.8 cm³/mol.